The second-order valence-corrected chi connectivity index (χ2v) is 7.73. The van der Waals surface area contributed by atoms with E-state index in [-0.39, 0.29) is 29.9 Å². The number of nitrogens with zero attached hydrogens (tertiary/aromatic N) is 3. The highest BCUT2D eigenvalue weighted by atomic mass is 127. The lowest BCUT2D eigenvalue weighted by molar-refractivity contribution is -0.143. The first-order valence-corrected chi connectivity index (χ1v) is 9.18. The first kappa shape index (κ1) is 23.7. The molecule has 2 aliphatic rings. The molecule has 0 radical (unpaired) electrons. The first-order valence-electron chi connectivity index (χ1n) is 9.18. The van der Waals surface area contributed by atoms with Crippen molar-refractivity contribution >= 4 is 29.9 Å². The van der Waals surface area contributed by atoms with E-state index in [0.29, 0.717) is 37.6 Å². The van der Waals surface area contributed by atoms with Crippen LogP contribution in [0.1, 0.15) is 27.2 Å². The average molecular weight is 491 g/mol. The van der Waals surface area contributed by atoms with Gasteiger partial charge in [-0.3, -0.25) is 14.8 Å². The third kappa shape index (κ3) is 7.38. The smallest absolute Gasteiger partial charge is 0.356 e. The maximum absolute atomic E-state index is 12.5. The Labute approximate surface area is 172 Å². The van der Waals surface area contributed by atoms with Gasteiger partial charge in [0.25, 0.3) is 0 Å². The Morgan fingerprint density at radius 3 is 2.46 bits per heavy atom. The van der Waals surface area contributed by atoms with Crippen LogP contribution in [0, 0.1) is 11.8 Å². The van der Waals surface area contributed by atoms with Crippen LogP contribution in [0.2, 0.25) is 0 Å². The number of alkyl halides is 3. The minimum atomic E-state index is -4.11. The van der Waals surface area contributed by atoms with Gasteiger partial charge in [-0.25, -0.2) is 0 Å². The predicted molar refractivity (Wildman–Crippen MR) is 110 cm³/mol. The summed E-state index contributed by atoms with van der Waals surface area (Å²) in [7, 11) is 1.74. The van der Waals surface area contributed by atoms with Crippen LogP contribution >= 0.6 is 24.0 Å². The lowest BCUT2D eigenvalue weighted by Crippen LogP contribution is -2.48. The second-order valence-electron chi connectivity index (χ2n) is 7.73. The predicted octanol–water partition coefficient (Wildman–Crippen LogP) is 2.38. The lowest BCUT2D eigenvalue weighted by atomic mass is 10.1. The normalized spacial score (nSPS) is 28.5. The van der Waals surface area contributed by atoms with E-state index in [1.807, 2.05) is 0 Å². The molecule has 0 aliphatic carbocycles. The van der Waals surface area contributed by atoms with Gasteiger partial charge in [0.1, 0.15) is 0 Å². The van der Waals surface area contributed by atoms with Crippen LogP contribution in [0.15, 0.2) is 4.99 Å². The summed E-state index contributed by atoms with van der Waals surface area (Å²) in [5.74, 6) is 1.51. The standard InChI is InChI=1S/C17H32F3N5.HI/c1-12(2)25-8-13(3)15(10-25)23-16(21-4)22-7-14-5-6-24(9-14)11-17(18,19)20;/h12-15H,5-11H2,1-4H3,(H2,21,22,23);1H. The van der Waals surface area contributed by atoms with Crippen molar-refractivity contribution in [2.45, 2.75) is 45.5 Å². The Morgan fingerprint density at radius 2 is 1.92 bits per heavy atom. The van der Waals surface area contributed by atoms with E-state index in [4.69, 9.17) is 0 Å². The number of aliphatic imine (C=N–C) groups is 1. The first-order chi connectivity index (χ1) is 11.7. The quantitative estimate of drug-likeness (QED) is 0.352. The fourth-order valence-electron chi connectivity index (χ4n) is 3.70. The largest absolute Gasteiger partial charge is 0.401 e. The van der Waals surface area contributed by atoms with Crippen LogP contribution in [0.4, 0.5) is 13.2 Å². The maximum Gasteiger partial charge on any atom is 0.401 e. The van der Waals surface area contributed by atoms with Gasteiger partial charge in [0.2, 0.25) is 0 Å². The van der Waals surface area contributed by atoms with Crippen LogP contribution in [-0.2, 0) is 0 Å². The summed E-state index contributed by atoms with van der Waals surface area (Å²) in [6.07, 6.45) is -3.32. The molecular weight excluding hydrogens is 458 g/mol. The molecule has 2 rings (SSSR count). The highest BCUT2D eigenvalue weighted by Gasteiger charge is 2.34. The Morgan fingerprint density at radius 1 is 1.23 bits per heavy atom. The van der Waals surface area contributed by atoms with Crippen LogP contribution in [-0.4, -0.2) is 80.3 Å². The summed E-state index contributed by atoms with van der Waals surface area (Å²) >= 11 is 0. The van der Waals surface area contributed by atoms with Gasteiger partial charge in [-0.15, -0.1) is 24.0 Å². The van der Waals surface area contributed by atoms with Gasteiger partial charge in [-0.2, -0.15) is 13.2 Å². The van der Waals surface area contributed by atoms with Gasteiger partial charge in [-0.1, -0.05) is 6.92 Å². The Hall–Kier alpha value is -0.290. The van der Waals surface area contributed by atoms with Crippen molar-refractivity contribution in [3.63, 3.8) is 0 Å². The number of rotatable bonds is 5. The van der Waals surface area contributed by atoms with Crippen molar-refractivity contribution in [2.24, 2.45) is 16.8 Å². The lowest BCUT2D eigenvalue weighted by Gasteiger charge is -2.23. The van der Waals surface area contributed by atoms with Crippen LogP contribution in [0.5, 0.6) is 0 Å². The number of hydrogen-bond acceptors (Lipinski definition) is 3. The zero-order valence-electron chi connectivity index (χ0n) is 16.1. The molecule has 2 aliphatic heterocycles. The minimum absolute atomic E-state index is 0. The number of likely N-dealkylation sites (tertiary alicyclic amines) is 2. The highest BCUT2D eigenvalue weighted by Crippen LogP contribution is 2.22. The Kier molecular flexibility index (Phi) is 9.42. The van der Waals surface area contributed by atoms with E-state index in [9.17, 15) is 13.2 Å². The van der Waals surface area contributed by atoms with Gasteiger partial charge in [-0.05, 0) is 38.6 Å². The van der Waals surface area contributed by atoms with E-state index in [1.165, 1.54) is 4.90 Å². The monoisotopic (exact) mass is 491 g/mol. The van der Waals surface area contributed by atoms with E-state index in [0.717, 1.165) is 25.5 Å². The molecular formula is C17H33F3IN5. The van der Waals surface area contributed by atoms with Crippen molar-refractivity contribution in [3.05, 3.63) is 0 Å². The molecule has 2 fully saturated rings. The van der Waals surface area contributed by atoms with Gasteiger partial charge in [0, 0.05) is 45.3 Å². The van der Waals surface area contributed by atoms with Gasteiger partial charge in [0.15, 0.2) is 5.96 Å². The molecule has 0 spiro atoms. The molecule has 3 unspecified atom stereocenters. The van der Waals surface area contributed by atoms with Gasteiger partial charge < -0.3 is 10.6 Å². The molecule has 0 saturated carbocycles. The molecule has 0 amide bonds. The minimum Gasteiger partial charge on any atom is -0.356 e. The van der Waals surface area contributed by atoms with Crippen LogP contribution < -0.4 is 10.6 Å². The summed E-state index contributed by atoms with van der Waals surface area (Å²) in [5, 5.41) is 6.78. The number of guanidine groups is 1. The SMILES string of the molecule is CN=C(NCC1CCN(CC(F)(F)F)C1)NC1CN(C(C)C)CC1C.I. The summed E-state index contributed by atoms with van der Waals surface area (Å²) in [5.41, 5.74) is 0. The third-order valence-corrected chi connectivity index (χ3v) is 5.25. The van der Waals surface area contributed by atoms with Crippen LogP contribution in [0.25, 0.3) is 0 Å². The fourth-order valence-corrected chi connectivity index (χ4v) is 3.70. The van der Waals surface area contributed by atoms with E-state index in [1.54, 1.807) is 7.05 Å². The molecule has 0 bridgehead atoms. The number of nitrogens with one attached hydrogen (secondary N) is 2. The van der Waals surface area contributed by atoms with Crippen molar-refractivity contribution < 1.29 is 13.2 Å². The maximum atomic E-state index is 12.5. The van der Waals surface area contributed by atoms with Crippen molar-refractivity contribution in [1.82, 2.24) is 20.4 Å². The zero-order valence-corrected chi connectivity index (χ0v) is 18.5. The molecule has 2 heterocycles. The summed E-state index contributed by atoms with van der Waals surface area (Å²) in [6, 6.07) is 0.876. The van der Waals surface area contributed by atoms with Crippen molar-refractivity contribution in [3.8, 4) is 0 Å². The Balaban J connectivity index is 0.00000338. The van der Waals surface area contributed by atoms with E-state index >= 15 is 0 Å². The molecule has 26 heavy (non-hydrogen) atoms. The average Bonchev–Trinajstić information content (AvgIpc) is 3.08. The second kappa shape index (κ2) is 10.3. The molecule has 2 saturated heterocycles. The zero-order chi connectivity index (χ0) is 18.6. The molecule has 154 valence electrons. The summed E-state index contributed by atoms with van der Waals surface area (Å²) in [4.78, 5) is 8.21. The highest BCUT2D eigenvalue weighted by molar-refractivity contribution is 14.0. The molecule has 3 atom stereocenters. The number of halogens is 4. The molecule has 0 aromatic heterocycles. The van der Waals surface area contributed by atoms with Crippen molar-refractivity contribution in [2.75, 3.05) is 46.3 Å². The summed E-state index contributed by atoms with van der Waals surface area (Å²) < 4.78 is 37.4. The summed E-state index contributed by atoms with van der Waals surface area (Å²) in [6.45, 7) is 9.56. The molecule has 9 heteroatoms. The molecule has 5 nitrogen and oxygen atoms in total. The van der Waals surface area contributed by atoms with Gasteiger partial charge in [0.05, 0.1) is 6.54 Å². The van der Waals surface area contributed by atoms with Crippen molar-refractivity contribution in [1.29, 1.82) is 0 Å². The fraction of sp³-hybridized carbons (Fsp3) is 0.941. The van der Waals surface area contributed by atoms with Gasteiger partial charge >= 0.3 is 6.18 Å². The molecule has 0 aromatic carbocycles. The Bertz CT molecular complexity index is 458. The topological polar surface area (TPSA) is 42.9 Å². The number of hydrogen-bond donors (Lipinski definition) is 2. The molecule has 2 N–H and O–H groups in total. The third-order valence-electron chi connectivity index (χ3n) is 5.25. The van der Waals surface area contributed by atoms with E-state index < -0.39 is 12.7 Å². The molecule has 0 aromatic rings. The van der Waals surface area contributed by atoms with Crippen LogP contribution in [0.3, 0.4) is 0 Å². The van der Waals surface area contributed by atoms with E-state index in [2.05, 4.69) is 41.3 Å².